The molecule has 2 fully saturated rings. The number of benzene rings is 2. The number of nitrogens with two attached hydrogens (primary N) is 3. The summed E-state index contributed by atoms with van der Waals surface area (Å²) in [5.41, 5.74) is 23.2. The average Bonchev–Trinajstić information content (AvgIpc) is 3.95. The van der Waals surface area contributed by atoms with Gasteiger partial charge in [0, 0.05) is 75.9 Å². The number of rotatable bonds is 12. The van der Waals surface area contributed by atoms with Gasteiger partial charge in [-0.1, -0.05) is 18.2 Å². The predicted molar refractivity (Wildman–Crippen MR) is 240 cm³/mol. The molecule has 7 rings (SSSR count). The number of nitrogens with zero attached hydrogens (tertiary/aromatic N) is 4. The van der Waals surface area contributed by atoms with Crippen LogP contribution in [0.25, 0.3) is 21.7 Å². The fourth-order valence-electron chi connectivity index (χ4n) is 7.50. The van der Waals surface area contributed by atoms with Gasteiger partial charge in [-0.25, -0.2) is 14.3 Å². The molecule has 2 saturated heterocycles. The Labute approximate surface area is 355 Å². The van der Waals surface area contributed by atoms with Crippen LogP contribution in [0.2, 0.25) is 0 Å². The van der Waals surface area contributed by atoms with Crippen LogP contribution in [0.1, 0.15) is 62.5 Å². The number of hydrogen-bond donors (Lipinski definition) is 8. The summed E-state index contributed by atoms with van der Waals surface area (Å²) < 4.78 is 1.83. The van der Waals surface area contributed by atoms with Gasteiger partial charge in [0.2, 0.25) is 0 Å². The molecule has 2 aromatic carbocycles. The number of urea groups is 2. The SMILES string of the molecule is CC(=Nc1ccccc1)/C(=C\N)c1cc(NC(N)=O)c(C(=O)N[C@H]2CCCN(c3ccc(-n4ncc(-c5cc(NC(N)=O)c(C(=O)N[C@@H]6CCCNC6)s5)c4C)cc3)C2)s1. The third kappa shape index (κ3) is 9.68. The first kappa shape index (κ1) is 41.7. The molecular weight excluding hydrogens is 801 g/mol. The van der Waals surface area contributed by atoms with Gasteiger partial charge in [0.15, 0.2) is 0 Å². The maximum absolute atomic E-state index is 13.8. The molecule has 0 spiro atoms. The number of primary amides is 2. The number of carbonyl (C=O) groups excluding carboxylic acids is 4. The van der Waals surface area contributed by atoms with Crippen molar-refractivity contribution in [3.05, 3.63) is 99.5 Å². The maximum Gasteiger partial charge on any atom is 0.316 e. The number of hydrogen-bond acceptors (Lipinski definition) is 11. The number of para-hydroxylation sites is 1. The number of aliphatic imine (C=N–C) groups is 1. The molecule has 6 amide bonds. The van der Waals surface area contributed by atoms with Gasteiger partial charge in [-0.2, -0.15) is 5.10 Å². The monoisotopic (exact) mass is 848 g/mol. The van der Waals surface area contributed by atoms with Crippen LogP contribution in [-0.2, 0) is 0 Å². The second kappa shape index (κ2) is 18.6. The molecule has 18 heteroatoms. The second-order valence-corrected chi connectivity index (χ2v) is 16.8. The van der Waals surface area contributed by atoms with Crippen molar-refractivity contribution in [3.8, 4) is 16.1 Å². The van der Waals surface area contributed by atoms with Gasteiger partial charge in [0.1, 0.15) is 9.75 Å². The van der Waals surface area contributed by atoms with E-state index in [1.807, 2.05) is 73.1 Å². The second-order valence-electron chi connectivity index (χ2n) is 14.6. The van der Waals surface area contributed by atoms with Crippen molar-refractivity contribution < 1.29 is 19.2 Å². The van der Waals surface area contributed by atoms with Crippen LogP contribution in [0.15, 0.2) is 84.1 Å². The smallest absolute Gasteiger partial charge is 0.316 e. The first-order chi connectivity index (χ1) is 29.0. The molecule has 0 unspecified atom stereocenters. The van der Waals surface area contributed by atoms with Crippen molar-refractivity contribution in [1.29, 1.82) is 0 Å². The number of piperidine rings is 2. The van der Waals surface area contributed by atoms with Crippen LogP contribution in [0.5, 0.6) is 0 Å². The van der Waals surface area contributed by atoms with E-state index in [9.17, 15) is 19.2 Å². The Kier molecular flexibility index (Phi) is 12.9. The molecule has 11 N–H and O–H groups in total. The quantitative estimate of drug-likeness (QED) is 0.0699. The van der Waals surface area contributed by atoms with E-state index in [0.29, 0.717) is 50.4 Å². The van der Waals surface area contributed by atoms with E-state index in [1.54, 1.807) is 18.3 Å². The van der Waals surface area contributed by atoms with Crippen LogP contribution < -0.4 is 48.7 Å². The predicted octanol–water partition coefficient (Wildman–Crippen LogP) is 5.92. The third-order valence-corrected chi connectivity index (χ3v) is 12.7. The molecule has 60 heavy (non-hydrogen) atoms. The van der Waals surface area contributed by atoms with E-state index in [2.05, 4.69) is 41.6 Å². The summed E-state index contributed by atoms with van der Waals surface area (Å²) in [5.74, 6) is -0.586. The number of allylic oxidation sites excluding steroid dienone is 1. The molecule has 5 heterocycles. The van der Waals surface area contributed by atoms with Crippen LogP contribution in [0, 0.1) is 6.92 Å². The number of nitrogens with one attached hydrogen (secondary N) is 5. The fourth-order valence-corrected chi connectivity index (χ4v) is 9.67. The Hall–Kier alpha value is -6.50. The molecular formula is C42H48N12O4S2. The highest BCUT2D eigenvalue weighted by molar-refractivity contribution is 7.18. The summed E-state index contributed by atoms with van der Waals surface area (Å²) in [5, 5.41) is 19.5. The average molecular weight is 849 g/mol. The van der Waals surface area contributed by atoms with E-state index >= 15 is 0 Å². The molecule has 2 aliphatic rings. The van der Waals surface area contributed by atoms with Crippen molar-refractivity contribution in [2.24, 2.45) is 22.2 Å². The number of amides is 6. The summed E-state index contributed by atoms with van der Waals surface area (Å²) in [6, 6.07) is 19.3. The minimum absolute atomic E-state index is 0.00447. The van der Waals surface area contributed by atoms with E-state index < -0.39 is 12.1 Å². The molecule has 0 aliphatic carbocycles. The molecule has 2 atom stereocenters. The minimum atomic E-state index is -0.783. The molecule has 0 radical (unpaired) electrons. The van der Waals surface area contributed by atoms with E-state index in [0.717, 1.165) is 72.0 Å². The number of carbonyl (C=O) groups is 4. The maximum atomic E-state index is 13.8. The van der Waals surface area contributed by atoms with Crippen molar-refractivity contribution in [3.63, 3.8) is 0 Å². The van der Waals surface area contributed by atoms with Crippen molar-refractivity contribution in [2.75, 3.05) is 41.7 Å². The summed E-state index contributed by atoms with van der Waals surface area (Å²) in [6.07, 6.45) is 6.69. The lowest BCUT2D eigenvalue weighted by molar-refractivity contribution is 0.0928. The largest absolute Gasteiger partial charge is 0.404 e. The van der Waals surface area contributed by atoms with Gasteiger partial charge in [0.25, 0.3) is 11.8 Å². The van der Waals surface area contributed by atoms with Gasteiger partial charge in [0.05, 0.1) is 28.9 Å². The lowest BCUT2D eigenvalue weighted by atomic mass is 10.0. The van der Waals surface area contributed by atoms with Crippen LogP contribution in [-0.4, -0.2) is 77.6 Å². The van der Waals surface area contributed by atoms with E-state index in [-0.39, 0.29) is 23.9 Å². The van der Waals surface area contributed by atoms with Gasteiger partial charge in [-0.05, 0) is 94.6 Å². The Morgan fingerprint density at radius 3 is 2.18 bits per heavy atom. The molecule has 2 aliphatic heterocycles. The fraction of sp³-hybridized carbons (Fsp3) is 0.286. The number of thiophene rings is 2. The van der Waals surface area contributed by atoms with Crippen LogP contribution in [0.3, 0.4) is 0 Å². The summed E-state index contributed by atoms with van der Waals surface area (Å²) >= 11 is 2.48. The van der Waals surface area contributed by atoms with E-state index in [1.165, 1.54) is 28.9 Å². The van der Waals surface area contributed by atoms with Crippen molar-refractivity contribution in [1.82, 2.24) is 25.7 Å². The number of anilines is 3. The molecule has 312 valence electrons. The first-order valence-corrected chi connectivity index (χ1v) is 21.3. The lowest BCUT2D eigenvalue weighted by Gasteiger charge is -2.34. The van der Waals surface area contributed by atoms with Crippen LogP contribution >= 0.6 is 22.7 Å². The molecule has 0 bridgehead atoms. The summed E-state index contributed by atoms with van der Waals surface area (Å²) in [4.78, 5) is 60.0. The first-order valence-electron chi connectivity index (χ1n) is 19.6. The zero-order valence-corrected chi connectivity index (χ0v) is 34.9. The van der Waals surface area contributed by atoms with Crippen LogP contribution in [0.4, 0.5) is 32.3 Å². The highest BCUT2D eigenvalue weighted by atomic mass is 32.1. The highest BCUT2D eigenvalue weighted by Crippen LogP contribution is 2.38. The normalized spacial score (nSPS) is 17.2. The third-order valence-electron chi connectivity index (χ3n) is 10.4. The Morgan fingerprint density at radius 1 is 0.867 bits per heavy atom. The minimum Gasteiger partial charge on any atom is -0.404 e. The molecule has 0 saturated carbocycles. The van der Waals surface area contributed by atoms with Crippen molar-refractivity contribution >= 4 is 80.6 Å². The summed E-state index contributed by atoms with van der Waals surface area (Å²) in [6.45, 7) is 6.80. The van der Waals surface area contributed by atoms with Gasteiger partial charge in [-0.15, -0.1) is 22.7 Å². The molecule has 5 aromatic rings. The van der Waals surface area contributed by atoms with E-state index in [4.69, 9.17) is 17.2 Å². The Morgan fingerprint density at radius 2 is 1.52 bits per heavy atom. The van der Waals surface area contributed by atoms with Gasteiger partial charge < -0.3 is 48.7 Å². The highest BCUT2D eigenvalue weighted by Gasteiger charge is 2.27. The standard InChI is InChI=1S/C42H48N12O4S2/c1-24(48-26-8-4-3-5-9-26)31(20-43)35-18-33(51-41(44)57)38(59-35)40(56)50-28-11-7-17-53(23-28)29-12-14-30(15-13-29)54-25(2)32(22-47-54)36-19-34(52-42(45)58)37(60-36)39(55)49-27-10-6-16-46-21-27/h3-5,8-9,12-15,18-20,22,27-28,46H,6-7,10-11,16-17,21,23,43H2,1-2H3,(H,49,55)(H,50,56)(H3,44,51,57)(H3,45,52,58)/b31-20+,48-24?/t27-,28+/m1/s1. The summed E-state index contributed by atoms with van der Waals surface area (Å²) in [7, 11) is 0. The Balaban J connectivity index is 1.03. The topological polar surface area (TPSA) is 240 Å². The Bertz CT molecular complexity index is 2430. The zero-order chi connectivity index (χ0) is 42.3. The molecule has 3 aromatic heterocycles. The molecule has 16 nitrogen and oxygen atoms in total. The number of aromatic nitrogens is 2. The van der Waals surface area contributed by atoms with Gasteiger partial charge in [-0.3, -0.25) is 14.6 Å². The van der Waals surface area contributed by atoms with Crippen molar-refractivity contribution in [2.45, 2.75) is 51.6 Å². The lowest BCUT2D eigenvalue weighted by Crippen LogP contribution is -2.47. The zero-order valence-electron chi connectivity index (χ0n) is 33.3. The van der Waals surface area contributed by atoms with Gasteiger partial charge >= 0.3 is 12.1 Å².